The second-order valence-electron chi connectivity index (χ2n) is 4.57. The molecule has 0 aromatic carbocycles. The molecule has 0 radical (unpaired) electrons. The van der Waals surface area contributed by atoms with Crippen LogP contribution in [0.15, 0.2) is 0 Å². The topological polar surface area (TPSA) is 55.6 Å². The molecule has 80 valence electrons. The molecule has 2 aliphatic rings. The fourth-order valence-electron chi connectivity index (χ4n) is 2.89. The highest BCUT2D eigenvalue weighted by Gasteiger charge is 2.35. The predicted octanol–water partition coefficient (Wildman–Crippen LogP) is 0.812. The first-order valence-corrected chi connectivity index (χ1v) is 5.27. The highest BCUT2D eigenvalue weighted by Crippen LogP contribution is 2.33. The van der Waals surface area contributed by atoms with Crippen LogP contribution in [0.3, 0.4) is 0 Å². The zero-order chi connectivity index (χ0) is 10.1. The number of piperidine rings is 1. The summed E-state index contributed by atoms with van der Waals surface area (Å²) in [4.78, 5) is 13.2. The van der Waals surface area contributed by atoms with E-state index in [1.165, 1.54) is 13.5 Å². The van der Waals surface area contributed by atoms with E-state index in [0.717, 1.165) is 25.9 Å². The Labute approximate surface area is 84.4 Å². The van der Waals surface area contributed by atoms with E-state index in [2.05, 4.69) is 0 Å². The van der Waals surface area contributed by atoms with Gasteiger partial charge < -0.3 is 15.4 Å². The van der Waals surface area contributed by atoms with Crippen LogP contribution in [0.1, 0.15) is 19.3 Å². The Morgan fingerprint density at radius 1 is 1.29 bits per heavy atom. The van der Waals surface area contributed by atoms with Crippen LogP contribution < -0.4 is 5.73 Å². The molecule has 1 heterocycles. The maximum absolute atomic E-state index is 11.4. The largest absolute Gasteiger partial charge is 0.453 e. The number of methoxy groups -OCH3 is 1. The second-order valence-corrected chi connectivity index (χ2v) is 4.57. The van der Waals surface area contributed by atoms with Gasteiger partial charge >= 0.3 is 6.09 Å². The van der Waals surface area contributed by atoms with Crippen LogP contribution in [-0.4, -0.2) is 37.2 Å². The molecule has 2 unspecified atom stereocenters. The van der Waals surface area contributed by atoms with E-state index in [1.807, 2.05) is 4.90 Å². The van der Waals surface area contributed by atoms with Gasteiger partial charge in [0, 0.05) is 19.1 Å². The van der Waals surface area contributed by atoms with Gasteiger partial charge in [-0.2, -0.15) is 0 Å². The van der Waals surface area contributed by atoms with Gasteiger partial charge in [-0.05, 0) is 31.1 Å². The fourth-order valence-corrected chi connectivity index (χ4v) is 2.89. The van der Waals surface area contributed by atoms with E-state index in [9.17, 15) is 4.79 Å². The van der Waals surface area contributed by atoms with Gasteiger partial charge in [-0.3, -0.25) is 0 Å². The molecular formula is C10H18N2O2. The molecule has 2 bridgehead atoms. The molecule has 0 aromatic rings. The number of rotatable bonds is 0. The lowest BCUT2D eigenvalue weighted by Crippen LogP contribution is -2.49. The van der Waals surface area contributed by atoms with Gasteiger partial charge in [-0.15, -0.1) is 0 Å². The first-order valence-electron chi connectivity index (χ1n) is 5.27. The van der Waals surface area contributed by atoms with E-state index < -0.39 is 0 Å². The summed E-state index contributed by atoms with van der Waals surface area (Å²) < 4.78 is 4.74. The van der Waals surface area contributed by atoms with Crippen molar-refractivity contribution in [3.8, 4) is 0 Å². The van der Waals surface area contributed by atoms with Crippen molar-refractivity contribution in [1.29, 1.82) is 0 Å². The lowest BCUT2D eigenvalue weighted by Gasteiger charge is -2.42. The maximum Gasteiger partial charge on any atom is 0.409 e. The monoisotopic (exact) mass is 198 g/mol. The summed E-state index contributed by atoms with van der Waals surface area (Å²) in [6, 6.07) is 0.346. The molecule has 4 nitrogen and oxygen atoms in total. The molecule has 1 saturated heterocycles. The summed E-state index contributed by atoms with van der Waals surface area (Å²) in [5.74, 6) is 1.19. The van der Waals surface area contributed by atoms with Crippen LogP contribution in [0, 0.1) is 11.8 Å². The molecule has 2 rings (SSSR count). The Morgan fingerprint density at radius 2 is 1.86 bits per heavy atom. The Morgan fingerprint density at radius 3 is 2.36 bits per heavy atom. The molecule has 0 aromatic heterocycles. The van der Waals surface area contributed by atoms with Crippen molar-refractivity contribution in [2.24, 2.45) is 17.6 Å². The van der Waals surface area contributed by atoms with E-state index in [-0.39, 0.29) is 6.09 Å². The van der Waals surface area contributed by atoms with Crippen molar-refractivity contribution in [3.63, 3.8) is 0 Å². The molecular weight excluding hydrogens is 180 g/mol. The van der Waals surface area contributed by atoms with E-state index >= 15 is 0 Å². The van der Waals surface area contributed by atoms with Crippen LogP contribution in [-0.2, 0) is 4.74 Å². The number of ether oxygens (including phenoxy) is 1. The molecule has 1 aliphatic carbocycles. The number of hydrogen-bond acceptors (Lipinski definition) is 3. The summed E-state index contributed by atoms with van der Waals surface area (Å²) in [6.45, 7) is 1.66. The van der Waals surface area contributed by atoms with Gasteiger partial charge in [0.1, 0.15) is 0 Å². The number of nitrogens with two attached hydrogens (primary N) is 1. The van der Waals surface area contributed by atoms with Crippen LogP contribution in [0.4, 0.5) is 4.79 Å². The average molecular weight is 198 g/mol. The third kappa shape index (κ3) is 1.85. The molecule has 0 spiro atoms. The van der Waals surface area contributed by atoms with E-state index in [4.69, 9.17) is 10.5 Å². The predicted molar refractivity (Wildman–Crippen MR) is 52.8 cm³/mol. The molecule has 2 atom stereocenters. The van der Waals surface area contributed by atoms with Crippen molar-refractivity contribution in [2.75, 3.05) is 20.2 Å². The van der Waals surface area contributed by atoms with Crippen molar-refractivity contribution in [1.82, 2.24) is 4.90 Å². The average Bonchev–Trinajstić information content (AvgIpc) is 2.14. The minimum Gasteiger partial charge on any atom is -0.453 e. The van der Waals surface area contributed by atoms with Crippen molar-refractivity contribution >= 4 is 6.09 Å². The molecule has 1 saturated carbocycles. The zero-order valence-electron chi connectivity index (χ0n) is 8.61. The zero-order valence-corrected chi connectivity index (χ0v) is 8.61. The Bertz CT molecular complexity index is 214. The minimum absolute atomic E-state index is 0.185. The molecule has 1 amide bonds. The normalized spacial score (nSPS) is 36.7. The first-order chi connectivity index (χ1) is 6.69. The number of fused-ring (bicyclic) bond motifs is 2. The van der Waals surface area contributed by atoms with Gasteiger partial charge in [-0.25, -0.2) is 4.79 Å². The number of carbonyl (C=O) groups excluding carboxylic acids is 1. The molecule has 14 heavy (non-hydrogen) atoms. The van der Waals surface area contributed by atoms with Crippen molar-refractivity contribution in [2.45, 2.75) is 25.3 Å². The number of hydrogen-bond donors (Lipinski definition) is 1. The third-order valence-corrected chi connectivity index (χ3v) is 3.33. The number of amides is 1. The summed E-state index contributed by atoms with van der Waals surface area (Å²) >= 11 is 0. The first kappa shape index (κ1) is 9.77. The quantitative estimate of drug-likeness (QED) is 0.626. The van der Waals surface area contributed by atoms with Gasteiger partial charge in [0.2, 0.25) is 0 Å². The Balaban J connectivity index is 1.98. The van der Waals surface area contributed by atoms with Gasteiger partial charge in [0.25, 0.3) is 0 Å². The molecule has 2 N–H and O–H groups in total. The van der Waals surface area contributed by atoms with Crippen LogP contribution >= 0.6 is 0 Å². The summed E-state index contributed by atoms with van der Waals surface area (Å²) in [5.41, 5.74) is 5.94. The Kier molecular flexibility index (Phi) is 2.63. The highest BCUT2D eigenvalue weighted by molar-refractivity contribution is 5.67. The lowest BCUT2D eigenvalue weighted by molar-refractivity contribution is 0.0599. The van der Waals surface area contributed by atoms with Gasteiger partial charge in [0.15, 0.2) is 0 Å². The van der Waals surface area contributed by atoms with Crippen LogP contribution in [0.25, 0.3) is 0 Å². The highest BCUT2D eigenvalue weighted by atomic mass is 16.5. The van der Waals surface area contributed by atoms with Crippen molar-refractivity contribution < 1.29 is 9.53 Å². The minimum atomic E-state index is -0.185. The third-order valence-electron chi connectivity index (χ3n) is 3.33. The number of carbonyl (C=O) groups is 1. The Hall–Kier alpha value is -0.770. The number of nitrogens with zero attached hydrogens (tertiary/aromatic N) is 1. The second kappa shape index (κ2) is 3.77. The van der Waals surface area contributed by atoms with E-state index in [0.29, 0.717) is 17.9 Å². The maximum atomic E-state index is 11.4. The van der Waals surface area contributed by atoms with Crippen LogP contribution in [0.5, 0.6) is 0 Å². The SMILES string of the molecule is COC(=O)N1CC2CC(N)CC(C2)C1. The van der Waals surface area contributed by atoms with Gasteiger partial charge in [0.05, 0.1) is 7.11 Å². The molecule has 2 fully saturated rings. The smallest absolute Gasteiger partial charge is 0.409 e. The fraction of sp³-hybridized carbons (Fsp3) is 0.900. The summed E-state index contributed by atoms with van der Waals surface area (Å²) in [7, 11) is 1.44. The van der Waals surface area contributed by atoms with E-state index in [1.54, 1.807) is 0 Å². The summed E-state index contributed by atoms with van der Waals surface area (Å²) in [6.07, 6.45) is 3.17. The summed E-state index contributed by atoms with van der Waals surface area (Å²) in [5, 5.41) is 0. The van der Waals surface area contributed by atoms with Crippen molar-refractivity contribution in [3.05, 3.63) is 0 Å². The standard InChI is InChI=1S/C10H18N2O2/c1-14-10(13)12-5-7-2-8(6-12)4-9(11)3-7/h7-9H,2-6,11H2,1H3. The molecule has 1 aliphatic heterocycles. The van der Waals surface area contributed by atoms with Gasteiger partial charge in [-0.1, -0.05) is 0 Å². The van der Waals surface area contributed by atoms with Crippen LogP contribution in [0.2, 0.25) is 0 Å². The molecule has 4 heteroatoms. The number of likely N-dealkylation sites (tertiary alicyclic amines) is 1. The lowest BCUT2D eigenvalue weighted by atomic mass is 9.76.